The number of hydrogen-bond acceptors (Lipinski definition) is 5. The number of nitrogens with zero attached hydrogens (tertiary/aromatic N) is 2. The van der Waals surface area contributed by atoms with Crippen molar-refractivity contribution in [1.82, 2.24) is 9.88 Å². The number of aryl methyl sites for hydroxylation is 1. The first-order chi connectivity index (χ1) is 19.1. The Morgan fingerprint density at radius 2 is 1.74 bits per heavy atom. The van der Waals surface area contributed by atoms with Crippen LogP contribution < -0.4 is 0 Å². The fourth-order valence-corrected chi connectivity index (χ4v) is 3.94. The van der Waals surface area contributed by atoms with Crippen LogP contribution in [0.5, 0.6) is 0 Å². The number of carbonyl (C=O) groups is 1. The predicted molar refractivity (Wildman–Crippen MR) is 178 cm³/mol. The van der Waals surface area contributed by atoms with E-state index in [0.717, 1.165) is 26.1 Å². The van der Waals surface area contributed by atoms with Gasteiger partial charge in [-0.1, -0.05) is 98.6 Å². The van der Waals surface area contributed by atoms with E-state index in [1.165, 1.54) is 55.8 Å². The van der Waals surface area contributed by atoms with Gasteiger partial charge in [0.05, 0.1) is 18.2 Å². The molecule has 1 N–H and O–H groups in total. The molecule has 0 radical (unpaired) electrons. The highest BCUT2D eigenvalue weighted by atomic mass is 32.1. The lowest BCUT2D eigenvalue weighted by molar-refractivity contribution is -0.122. The van der Waals surface area contributed by atoms with E-state index in [9.17, 15) is 0 Å². The normalized spacial score (nSPS) is 13.6. The predicted octanol–water partition coefficient (Wildman–Crippen LogP) is 10.2. The minimum absolute atomic E-state index is 0.250. The van der Waals surface area contributed by atoms with Crippen molar-refractivity contribution in [3.63, 3.8) is 0 Å². The molecule has 1 aliphatic rings. The number of likely N-dealkylation sites (tertiary alicyclic amines) is 1. The first-order valence-corrected chi connectivity index (χ1v) is 16.1. The summed E-state index contributed by atoms with van der Waals surface area (Å²) in [6.45, 7) is 29.9. The molecule has 0 spiro atoms. The van der Waals surface area contributed by atoms with E-state index in [1.807, 2.05) is 60.0 Å². The van der Waals surface area contributed by atoms with Crippen LogP contribution in [0.15, 0.2) is 48.0 Å². The maximum atomic E-state index is 8.36. The van der Waals surface area contributed by atoms with Crippen molar-refractivity contribution >= 4 is 17.8 Å². The van der Waals surface area contributed by atoms with E-state index in [0.29, 0.717) is 6.04 Å². The van der Waals surface area contributed by atoms with Crippen LogP contribution in [0.2, 0.25) is 0 Å². The van der Waals surface area contributed by atoms with Gasteiger partial charge in [0.25, 0.3) is 6.47 Å². The molecule has 1 saturated heterocycles. The van der Waals surface area contributed by atoms with Crippen molar-refractivity contribution in [3.05, 3.63) is 53.0 Å². The SMILES string of the molecule is C/C=C(\C=C/COCC1CCCN1CCCC)CC.C=CC.CC.CC.CC.CCCc1nccs1.O=CO. The molecule has 0 aromatic carbocycles. The van der Waals surface area contributed by atoms with Crippen LogP contribution in [-0.4, -0.2) is 53.8 Å². The number of rotatable bonds is 11. The Labute approximate surface area is 248 Å². The standard InChI is InChI=1S/C17H31NO.C6H9NS.C3H6.3C2H6.CH2O2/c1-4-7-12-18-13-8-11-17(18)15-19-14-9-10-16(5-2)6-3;1-2-3-6-7-4-5-8-6;1-3-2;3*1-2;2-1-3/h5,9-10,17H,4,6-8,11-15H2,1-3H3;4-5H,2-3H2,1H3;3H,1H2,2H3;3*1-2H3;1H,(H,2,3)/b10-9-,16-5-;;;;;;. The third-order valence-corrected chi connectivity index (χ3v) is 5.72. The van der Waals surface area contributed by atoms with Crippen molar-refractivity contribution in [2.24, 2.45) is 0 Å². The second-order valence-electron chi connectivity index (χ2n) is 7.53. The molecule has 0 bridgehead atoms. The summed E-state index contributed by atoms with van der Waals surface area (Å²) in [6, 6.07) is 0.660. The van der Waals surface area contributed by atoms with Crippen LogP contribution in [0.1, 0.15) is 120 Å². The number of ether oxygens (including phenoxy) is 1. The molecule has 5 nitrogen and oxygen atoms in total. The zero-order valence-corrected chi connectivity index (χ0v) is 28.5. The first-order valence-electron chi connectivity index (χ1n) is 15.2. The van der Waals surface area contributed by atoms with Crippen LogP contribution in [0.4, 0.5) is 0 Å². The lowest BCUT2D eigenvalue weighted by Crippen LogP contribution is -2.33. The largest absolute Gasteiger partial charge is 0.483 e. The van der Waals surface area contributed by atoms with Crippen LogP contribution in [0.25, 0.3) is 0 Å². The zero-order valence-electron chi connectivity index (χ0n) is 27.7. The quantitative estimate of drug-likeness (QED) is 0.124. The van der Waals surface area contributed by atoms with E-state index < -0.39 is 0 Å². The summed E-state index contributed by atoms with van der Waals surface area (Å²) >= 11 is 1.74. The van der Waals surface area contributed by atoms with Gasteiger partial charge in [-0.2, -0.15) is 0 Å². The lowest BCUT2D eigenvalue weighted by Gasteiger charge is -2.23. The molecule has 39 heavy (non-hydrogen) atoms. The first kappa shape index (κ1) is 47.1. The summed E-state index contributed by atoms with van der Waals surface area (Å²) in [6.07, 6.45) is 18.8. The number of aromatic nitrogens is 1. The lowest BCUT2D eigenvalue weighted by atomic mass is 10.2. The number of carboxylic acid groups (broad SMARTS) is 1. The van der Waals surface area contributed by atoms with Crippen molar-refractivity contribution in [3.8, 4) is 0 Å². The number of unbranched alkanes of at least 4 members (excludes halogenated alkanes) is 1. The molecule has 0 saturated carbocycles. The molecule has 1 aromatic rings. The summed E-state index contributed by atoms with van der Waals surface area (Å²) in [7, 11) is 0. The molecule has 1 unspecified atom stereocenters. The molecular weight excluding hydrogens is 504 g/mol. The molecule has 232 valence electrons. The summed E-state index contributed by atoms with van der Waals surface area (Å²) < 4.78 is 5.81. The third kappa shape index (κ3) is 36.2. The molecule has 6 heteroatoms. The van der Waals surface area contributed by atoms with Crippen molar-refractivity contribution < 1.29 is 14.6 Å². The Morgan fingerprint density at radius 1 is 1.15 bits per heavy atom. The molecule has 0 amide bonds. The average molecular weight is 571 g/mol. The van der Waals surface area contributed by atoms with Gasteiger partial charge in [0, 0.05) is 17.6 Å². The Morgan fingerprint density at radius 3 is 2.18 bits per heavy atom. The minimum atomic E-state index is -0.250. The van der Waals surface area contributed by atoms with Gasteiger partial charge >= 0.3 is 0 Å². The maximum absolute atomic E-state index is 8.36. The summed E-state index contributed by atoms with van der Waals surface area (Å²) in [4.78, 5) is 15.1. The Kier molecular flexibility index (Phi) is 55.6. The molecule has 1 fully saturated rings. The topological polar surface area (TPSA) is 62.7 Å². The van der Waals surface area contributed by atoms with Gasteiger partial charge in [-0.15, -0.1) is 17.9 Å². The highest BCUT2D eigenvalue weighted by Gasteiger charge is 2.23. The van der Waals surface area contributed by atoms with Crippen molar-refractivity contribution in [2.75, 3.05) is 26.3 Å². The number of allylic oxidation sites excluding steroid dienone is 4. The summed E-state index contributed by atoms with van der Waals surface area (Å²) in [5.41, 5.74) is 1.38. The highest BCUT2D eigenvalue weighted by molar-refractivity contribution is 7.09. The van der Waals surface area contributed by atoms with Gasteiger partial charge in [-0.3, -0.25) is 9.69 Å². The van der Waals surface area contributed by atoms with Gasteiger partial charge in [0.15, 0.2) is 0 Å². The second kappa shape index (κ2) is 46.1. The fourth-order valence-electron chi connectivity index (χ4n) is 3.22. The highest BCUT2D eigenvalue weighted by Crippen LogP contribution is 2.18. The Bertz CT molecular complexity index is 596. The smallest absolute Gasteiger partial charge is 0.290 e. The zero-order chi connectivity index (χ0) is 31.2. The van der Waals surface area contributed by atoms with E-state index in [2.05, 4.69) is 62.4 Å². The Hall–Kier alpha value is -1.76. The van der Waals surface area contributed by atoms with Crippen molar-refractivity contribution in [2.45, 2.75) is 127 Å². The van der Waals surface area contributed by atoms with Crippen molar-refractivity contribution in [1.29, 1.82) is 0 Å². The monoisotopic (exact) mass is 570 g/mol. The molecule has 1 aliphatic heterocycles. The molecule has 1 atom stereocenters. The Balaban J connectivity index is -0.000000159. The second-order valence-corrected chi connectivity index (χ2v) is 8.51. The van der Waals surface area contributed by atoms with Crippen LogP contribution in [-0.2, 0) is 16.0 Å². The van der Waals surface area contributed by atoms with E-state index >= 15 is 0 Å². The maximum Gasteiger partial charge on any atom is 0.290 e. The minimum Gasteiger partial charge on any atom is -0.483 e. The molecule has 2 heterocycles. The van der Waals surface area contributed by atoms with Gasteiger partial charge in [0.2, 0.25) is 0 Å². The van der Waals surface area contributed by atoms with Gasteiger partial charge < -0.3 is 9.84 Å². The average Bonchev–Trinajstić information content (AvgIpc) is 3.67. The summed E-state index contributed by atoms with van der Waals surface area (Å²) in [5, 5.41) is 10.2. The van der Waals surface area contributed by atoms with Crippen LogP contribution in [0.3, 0.4) is 0 Å². The molecule has 1 aromatic heterocycles. The number of thiazole rings is 1. The third-order valence-electron chi connectivity index (χ3n) is 4.88. The summed E-state index contributed by atoms with van der Waals surface area (Å²) in [5.74, 6) is 0. The van der Waals surface area contributed by atoms with Gasteiger partial charge in [0.1, 0.15) is 0 Å². The van der Waals surface area contributed by atoms with E-state index in [1.54, 1.807) is 17.4 Å². The van der Waals surface area contributed by atoms with Gasteiger partial charge in [-0.05, 0) is 65.5 Å². The van der Waals surface area contributed by atoms with E-state index in [4.69, 9.17) is 14.6 Å². The van der Waals surface area contributed by atoms with Gasteiger partial charge in [-0.25, -0.2) is 4.98 Å². The molecule has 0 aliphatic carbocycles. The van der Waals surface area contributed by atoms with Crippen LogP contribution >= 0.6 is 11.3 Å². The molecule has 2 rings (SSSR count). The van der Waals surface area contributed by atoms with Crippen LogP contribution in [0, 0.1) is 0 Å². The van der Waals surface area contributed by atoms with E-state index in [-0.39, 0.29) is 6.47 Å². The molecular formula is C33H66N2O3S. The number of hydrogen-bond donors (Lipinski definition) is 1. The fraction of sp³-hybridized carbons (Fsp3) is 0.697.